The van der Waals surface area contributed by atoms with Crippen molar-refractivity contribution in [1.82, 2.24) is 9.55 Å². The molecule has 21 heavy (non-hydrogen) atoms. The molecule has 0 spiro atoms. The van der Waals surface area contributed by atoms with Crippen molar-refractivity contribution in [2.45, 2.75) is 13.0 Å². The van der Waals surface area contributed by atoms with Crippen molar-refractivity contribution in [2.75, 3.05) is 5.73 Å². The Balaban J connectivity index is 2.24. The summed E-state index contributed by atoms with van der Waals surface area (Å²) in [6.45, 7) is 1.86. The average Bonchev–Trinajstić information content (AvgIpc) is 2.82. The normalized spacial score (nSPS) is 12.2. The maximum Gasteiger partial charge on any atom is 0.201 e. The van der Waals surface area contributed by atoms with Crippen molar-refractivity contribution in [3.05, 3.63) is 59.4 Å². The van der Waals surface area contributed by atoms with Crippen molar-refractivity contribution >= 4 is 17.0 Å². The van der Waals surface area contributed by atoms with Gasteiger partial charge < -0.3 is 10.3 Å². The van der Waals surface area contributed by atoms with E-state index in [0.29, 0.717) is 16.6 Å². The minimum atomic E-state index is -0.315. The summed E-state index contributed by atoms with van der Waals surface area (Å²) in [5.41, 5.74) is 8.24. The third kappa shape index (κ3) is 2.01. The average molecular weight is 280 g/mol. The minimum absolute atomic E-state index is 0.267. The van der Waals surface area contributed by atoms with E-state index < -0.39 is 0 Å². The van der Waals surface area contributed by atoms with Crippen LogP contribution in [0.15, 0.2) is 42.5 Å². The molecule has 0 fully saturated rings. The number of nitrogen functional groups attached to an aromatic ring is 1. The molecular weight excluding hydrogens is 267 g/mol. The lowest BCUT2D eigenvalue weighted by molar-refractivity contribution is 0.567. The van der Waals surface area contributed by atoms with E-state index >= 15 is 0 Å². The number of nitriles is 1. The lowest BCUT2D eigenvalue weighted by atomic mass is 10.1. The number of aromatic nitrogens is 2. The van der Waals surface area contributed by atoms with Gasteiger partial charge in [0.2, 0.25) is 5.95 Å². The summed E-state index contributed by atoms with van der Waals surface area (Å²) >= 11 is 0. The summed E-state index contributed by atoms with van der Waals surface area (Å²) in [6.07, 6.45) is 0. The van der Waals surface area contributed by atoms with Crippen LogP contribution in [0.4, 0.5) is 10.3 Å². The molecule has 0 aliphatic carbocycles. The fraction of sp³-hybridized carbons (Fsp3) is 0.125. The van der Waals surface area contributed by atoms with Crippen LogP contribution in [0.3, 0.4) is 0 Å². The maximum absolute atomic E-state index is 14.0. The van der Waals surface area contributed by atoms with Crippen molar-refractivity contribution < 1.29 is 4.39 Å². The minimum Gasteiger partial charge on any atom is -0.369 e. The quantitative estimate of drug-likeness (QED) is 0.783. The predicted octanol–water partition coefficient (Wildman–Crippen LogP) is 3.24. The van der Waals surface area contributed by atoms with Crippen molar-refractivity contribution in [3.8, 4) is 6.07 Å². The summed E-state index contributed by atoms with van der Waals surface area (Å²) < 4.78 is 15.7. The number of para-hydroxylation sites is 1. The highest BCUT2D eigenvalue weighted by Gasteiger charge is 2.19. The molecule has 0 aliphatic rings. The number of rotatable bonds is 2. The van der Waals surface area contributed by atoms with Gasteiger partial charge in [0.15, 0.2) is 0 Å². The van der Waals surface area contributed by atoms with E-state index in [2.05, 4.69) is 11.1 Å². The highest BCUT2D eigenvalue weighted by atomic mass is 19.1. The van der Waals surface area contributed by atoms with Crippen LogP contribution >= 0.6 is 0 Å². The molecule has 0 saturated carbocycles. The fourth-order valence-corrected chi connectivity index (χ4v) is 2.59. The van der Waals surface area contributed by atoms with Gasteiger partial charge in [-0.25, -0.2) is 9.37 Å². The number of fused-ring (bicyclic) bond motifs is 1. The van der Waals surface area contributed by atoms with Gasteiger partial charge in [0.25, 0.3) is 0 Å². The zero-order valence-electron chi connectivity index (χ0n) is 11.4. The summed E-state index contributed by atoms with van der Waals surface area (Å²) in [6, 6.07) is 13.6. The van der Waals surface area contributed by atoms with Gasteiger partial charge in [-0.2, -0.15) is 5.26 Å². The van der Waals surface area contributed by atoms with Gasteiger partial charge >= 0.3 is 0 Å². The van der Waals surface area contributed by atoms with Crippen molar-refractivity contribution in [2.24, 2.45) is 0 Å². The number of anilines is 1. The molecule has 2 aromatic carbocycles. The summed E-state index contributed by atoms with van der Waals surface area (Å²) in [4.78, 5) is 4.26. The molecule has 4 nitrogen and oxygen atoms in total. The molecule has 0 aliphatic heterocycles. The third-order valence-electron chi connectivity index (χ3n) is 3.61. The molecule has 2 N–H and O–H groups in total. The van der Waals surface area contributed by atoms with Gasteiger partial charge in [0.1, 0.15) is 17.4 Å². The number of hydrogen-bond donors (Lipinski definition) is 1. The SMILES string of the molecule is CC(c1ccccc1F)n1c(N)nc2c(C#N)cccc21. The first-order valence-electron chi connectivity index (χ1n) is 6.54. The monoisotopic (exact) mass is 280 g/mol. The molecule has 0 saturated heterocycles. The number of hydrogen-bond acceptors (Lipinski definition) is 3. The number of halogens is 1. The van der Waals surface area contributed by atoms with Gasteiger partial charge in [-0.1, -0.05) is 24.3 Å². The Bertz CT molecular complexity index is 860. The lowest BCUT2D eigenvalue weighted by Gasteiger charge is -2.17. The van der Waals surface area contributed by atoms with Crippen LogP contribution in [0, 0.1) is 17.1 Å². The van der Waals surface area contributed by atoms with Gasteiger partial charge in [-0.3, -0.25) is 0 Å². The van der Waals surface area contributed by atoms with E-state index in [0.717, 1.165) is 5.52 Å². The molecule has 1 unspecified atom stereocenters. The van der Waals surface area contributed by atoms with Gasteiger partial charge in [0, 0.05) is 5.56 Å². The molecule has 0 bridgehead atoms. The van der Waals surface area contributed by atoms with Gasteiger partial charge in [0.05, 0.1) is 17.1 Å². The van der Waals surface area contributed by atoms with E-state index in [4.69, 9.17) is 11.0 Å². The highest BCUT2D eigenvalue weighted by Crippen LogP contribution is 2.29. The summed E-state index contributed by atoms with van der Waals surface area (Å²) in [5, 5.41) is 9.14. The van der Waals surface area contributed by atoms with Gasteiger partial charge in [-0.15, -0.1) is 0 Å². The predicted molar refractivity (Wildman–Crippen MR) is 79.1 cm³/mol. The van der Waals surface area contributed by atoms with E-state index in [1.54, 1.807) is 34.9 Å². The van der Waals surface area contributed by atoms with Crippen LogP contribution in [0.5, 0.6) is 0 Å². The van der Waals surface area contributed by atoms with E-state index in [1.165, 1.54) is 6.07 Å². The molecule has 3 rings (SSSR count). The molecule has 0 amide bonds. The number of benzene rings is 2. The fourth-order valence-electron chi connectivity index (χ4n) is 2.59. The Morgan fingerprint density at radius 1 is 1.24 bits per heavy atom. The first kappa shape index (κ1) is 13.1. The second-order valence-corrected chi connectivity index (χ2v) is 4.82. The first-order valence-corrected chi connectivity index (χ1v) is 6.54. The Hall–Kier alpha value is -2.87. The first-order chi connectivity index (χ1) is 10.1. The molecule has 3 aromatic rings. The zero-order chi connectivity index (χ0) is 15.0. The number of imidazole rings is 1. The van der Waals surface area contributed by atoms with Crippen LogP contribution < -0.4 is 5.73 Å². The van der Waals surface area contributed by atoms with Gasteiger partial charge in [-0.05, 0) is 25.1 Å². The van der Waals surface area contributed by atoms with E-state index in [9.17, 15) is 4.39 Å². The second kappa shape index (κ2) is 4.91. The topological polar surface area (TPSA) is 67.6 Å². The largest absolute Gasteiger partial charge is 0.369 e. The Labute approximate surface area is 121 Å². The van der Waals surface area contributed by atoms with Crippen LogP contribution in [-0.4, -0.2) is 9.55 Å². The summed E-state index contributed by atoms with van der Waals surface area (Å²) in [7, 11) is 0. The van der Waals surface area contributed by atoms with Crippen LogP contribution in [-0.2, 0) is 0 Å². The van der Waals surface area contributed by atoms with Crippen molar-refractivity contribution in [1.29, 1.82) is 5.26 Å². The van der Waals surface area contributed by atoms with Crippen LogP contribution in [0.2, 0.25) is 0 Å². The maximum atomic E-state index is 14.0. The van der Waals surface area contributed by atoms with Crippen molar-refractivity contribution in [3.63, 3.8) is 0 Å². The molecule has 1 aromatic heterocycles. The molecule has 5 heteroatoms. The zero-order valence-corrected chi connectivity index (χ0v) is 11.4. The van der Waals surface area contributed by atoms with Crippen LogP contribution in [0.1, 0.15) is 24.1 Å². The standard InChI is InChI=1S/C16H13FN4/c1-10(12-6-2-3-7-13(12)17)21-14-8-4-5-11(9-18)15(14)20-16(21)19/h2-8,10H,1H3,(H2,19,20). The Morgan fingerprint density at radius 2 is 2.00 bits per heavy atom. The number of nitrogens with two attached hydrogens (primary N) is 1. The number of nitrogens with zero attached hydrogens (tertiary/aromatic N) is 3. The molecule has 1 atom stereocenters. The molecule has 1 heterocycles. The Morgan fingerprint density at radius 3 is 2.71 bits per heavy atom. The van der Waals surface area contributed by atoms with E-state index in [1.807, 2.05) is 13.0 Å². The molecular formula is C16H13FN4. The lowest BCUT2D eigenvalue weighted by Crippen LogP contribution is -2.11. The molecule has 104 valence electrons. The Kier molecular flexibility index (Phi) is 3.07. The smallest absolute Gasteiger partial charge is 0.201 e. The molecule has 0 radical (unpaired) electrons. The summed E-state index contributed by atoms with van der Waals surface area (Å²) in [5.74, 6) is -0.0221. The third-order valence-corrected chi connectivity index (χ3v) is 3.61. The van der Waals surface area contributed by atoms with Crippen LogP contribution in [0.25, 0.3) is 11.0 Å². The highest BCUT2D eigenvalue weighted by molar-refractivity contribution is 5.84. The van der Waals surface area contributed by atoms with E-state index in [-0.39, 0.29) is 17.8 Å². The second-order valence-electron chi connectivity index (χ2n) is 4.82.